The molecular weight excluding hydrogens is 456 g/mol. The quantitative estimate of drug-likeness (QED) is 0.576. The number of amides is 2. The number of hydrogen-bond acceptors (Lipinski definition) is 4. The Bertz CT molecular complexity index is 1190. The van der Waals surface area contributed by atoms with Crippen molar-refractivity contribution in [2.24, 2.45) is 0 Å². The van der Waals surface area contributed by atoms with Crippen LogP contribution in [-0.2, 0) is 9.84 Å². The molecule has 0 unspecified atom stereocenters. The van der Waals surface area contributed by atoms with Crippen molar-refractivity contribution in [3.05, 3.63) is 88.4 Å². The van der Waals surface area contributed by atoms with E-state index < -0.39 is 15.7 Å². The van der Waals surface area contributed by atoms with Crippen molar-refractivity contribution >= 4 is 49.0 Å². The van der Waals surface area contributed by atoms with Crippen molar-refractivity contribution in [2.75, 3.05) is 16.9 Å². The Balaban J connectivity index is 1.79. The van der Waals surface area contributed by atoms with Gasteiger partial charge in [0.15, 0.2) is 9.84 Å². The highest BCUT2D eigenvalue weighted by atomic mass is 79.9. The van der Waals surface area contributed by atoms with Crippen LogP contribution in [-0.4, -0.2) is 26.5 Å². The molecule has 0 heterocycles. The maximum absolute atomic E-state index is 12.6. The van der Waals surface area contributed by atoms with Crippen LogP contribution in [0.2, 0.25) is 0 Å². The molecule has 0 saturated carbocycles. The summed E-state index contributed by atoms with van der Waals surface area (Å²) in [5.41, 5.74) is 1.39. The number of benzene rings is 3. The second-order valence-corrected chi connectivity index (χ2v) is 9.17. The number of carbonyl (C=O) groups excluding carboxylic acids is 2. The number of carbonyl (C=O) groups is 2. The normalized spacial score (nSPS) is 11.0. The third-order valence-corrected chi connectivity index (χ3v) is 5.65. The minimum atomic E-state index is -3.50. The summed E-state index contributed by atoms with van der Waals surface area (Å²) in [4.78, 5) is 25.1. The minimum Gasteiger partial charge on any atom is -0.322 e. The average molecular weight is 473 g/mol. The fraction of sp³-hybridized carbons (Fsp3) is 0.0476. The lowest BCUT2D eigenvalue weighted by atomic mass is 10.1. The molecule has 0 radical (unpaired) electrons. The predicted molar refractivity (Wildman–Crippen MR) is 116 cm³/mol. The molecule has 0 bridgehead atoms. The van der Waals surface area contributed by atoms with Gasteiger partial charge in [-0.2, -0.15) is 0 Å². The van der Waals surface area contributed by atoms with Gasteiger partial charge in [-0.15, -0.1) is 0 Å². The van der Waals surface area contributed by atoms with Gasteiger partial charge < -0.3 is 10.6 Å². The van der Waals surface area contributed by atoms with E-state index in [4.69, 9.17) is 0 Å². The van der Waals surface area contributed by atoms with Gasteiger partial charge >= 0.3 is 0 Å². The molecule has 0 spiro atoms. The van der Waals surface area contributed by atoms with E-state index in [1.54, 1.807) is 48.5 Å². The maximum Gasteiger partial charge on any atom is 0.255 e. The molecule has 148 valence electrons. The van der Waals surface area contributed by atoms with Crippen LogP contribution in [0.25, 0.3) is 0 Å². The lowest BCUT2D eigenvalue weighted by Crippen LogP contribution is -2.16. The summed E-state index contributed by atoms with van der Waals surface area (Å²) < 4.78 is 24.6. The van der Waals surface area contributed by atoms with Crippen LogP contribution in [0.3, 0.4) is 0 Å². The van der Waals surface area contributed by atoms with E-state index in [2.05, 4.69) is 26.6 Å². The van der Waals surface area contributed by atoms with Crippen molar-refractivity contribution in [2.45, 2.75) is 4.90 Å². The van der Waals surface area contributed by atoms with Gasteiger partial charge in [0, 0.05) is 27.5 Å². The second-order valence-electron chi connectivity index (χ2n) is 6.27. The molecule has 0 atom stereocenters. The summed E-state index contributed by atoms with van der Waals surface area (Å²) in [6, 6.07) is 19.5. The Morgan fingerprint density at radius 1 is 0.793 bits per heavy atom. The second kappa shape index (κ2) is 8.59. The summed E-state index contributed by atoms with van der Waals surface area (Å²) in [6.45, 7) is 0. The third-order valence-electron chi connectivity index (χ3n) is 4.00. The van der Waals surface area contributed by atoms with E-state index >= 15 is 0 Å². The molecular formula is C21H17BrN2O4S. The Morgan fingerprint density at radius 2 is 1.41 bits per heavy atom. The van der Waals surface area contributed by atoms with Gasteiger partial charge in [0.25, 0.3) is 11.8 Å². The topological polar surface area (TPSA) is 92.3 Å². The average Bonchev–Trinajstić information content (AvgIpc) is 2.68. The number of rotatable bonds is 5. The molecule has 0 aliphatic heterocycles. The van der Waals surface area contributed by atoms with Crippen molar-refractivity contribution in [3.8, 4) is 0 Å². The molecule has 0 aliphatic carbocycles. The molecule has 0 aromatic heterocycles. The van der Waals surface area contributed by atoms with E-state index in [1.165, 1.54) is 18.2 Å². The van der Waals surface area contributed by atoms with Crippen LogP contribution < -0.4 is 10.6 Å². The van der Waals surface area contributed by atoms with E-state index in [1.807, 2.05) is 6.07 Å². The molecule has 8 heteroatoms. The molecule has 6 nitrogen and oxygen atoms in total. The first-order chi connectivity index (χ1) is 13.7. The number of para-hydroxylation sites is 1. The number of sulfone groups is 1. The van der Waals surface area contributed by atoms with Crippen LogP contribution in [0.1, 0.15) is 20.7 Å². The van der Waals surface area contributed by atoms with E-state index in [9.17, 15) is 18.0 Å². The monoisotopic (exact) mass is 472 g/mol. The first-order valence-electron chi connectivity index (χ1n) is 8.51. The van der Waals surface area contributed by atoms with Crippen molar-refractivity contribution in [1.82, 2.24) is 0 Å². The van der Waals surface area contributed by atoms with Gasteiger partial charge in [-0.1, -0.05) is 40.2 Å². The molecule has 3 aromatic carbocycles. The summed E-state index contributed by atoms with van der Waals surface area (Å²) in [6.07, 6.45) is 1.08. The van der Waals surface area contributed by atoms with Crippen molar-refractivity contribution in [3.63, 3.8) is 0 Å². The zero-order valence-electron chi connectivity index (χ0n) is 15.3. The molecule has 2 N–H and O–H groups in total. The minimum absolute atomic E-state index is 0.0347. The highest BCUT2D eigenvalue weighted by Gasteiger charge is 2.16. The van der Waals surface area contributed by atoms with E-state index in [0.29, 0.717) is 11.3 Å². The number of hydrogen-bond donors (Lipinski definition) is 2. The lowest BCUT2D eigenvalue weighted by Gasteiger charge is -2.11. The zero-order chi connectivity index (χ0) is 21.0. The van der Waals surface area contributed by atoms with Crippen LogP contribution in [0.15, 0.2) is 82.2 Å². The largest absolute Gasteiger partial charge is 0.322 e. The van der Waals surface area contributed by atoms with Gasteiger partial charge in [-0.25, -0.2) is 8.42 Å². The SMILES string of the molecule is CS(=O)(=O)c1ccccc1NC(=O)c1cccc(NC(=O)c2cccc(Br)c2)c1. The Morgan fingerprint density at radius 3 is 2.10 bits per heavy atom. The molecule has 3 rings (SSSR count). The first-order valence-corrected chi connectivity index (χ1v) is 11.2. The van der Waals surface area contributed by atoms with Crippen LogP contribution in [0.5, 0.6) is 0 Å². The van der Waals surface area contributed by atoms with E-state index in [0.717, 1.165) is 10.7 Å². The van der Waals surface area contributed by atoms with Crippen LogP contribution >= 0.6 is 15.9 Å². The first kappa shape index (κ1) is 20.8. The smallest absolute Gasteiger partial charge is 0.255 e. The molecule has 2 amide bonds. The lowest BCUT2D eigenvalue weighted by molar-refractivity contribution is 0.101. The highest BCUT2D eigenvalue weighted by Crippen LogP contribution is 2.22. The highest BCUT2D eigenvalue weighted by molar-refractivity contribution is 9.10. The zero-order valence-corrected chi connectivity index (χ0v) is 17.7. The van der Waals surface area contributed by atoms with Crippen molar-refractivity contribution < 1.29 is 18.0 Å². The molecule has 0 aliphatic rings. The summed E-state index contributed by atoms with van der Waals surface area (Å²) >= 11 is 3.32. The number of nitrogens with one attached hydrogen (secondary N) is 2. The summed E-state index contributed by atoms with van der Waals surface area (Å²) in [5.74, 6) is -0.800. The Hall–Kier alpha value is -2.97. The molecule has 0 saturated heterocycles. The Kier molecular flexibility index (Phi) is 6.14. The van der Waals surface area contributed by atoms with Crippen LogP contribution in [0.4, 0.5) is 11.4 Å². The summed E-state index contributed by atoms with van der Waals surface area (Å²) in [5, 5.41) is 5.36. The predicted octanol–water partition coefficient (Wildman–Crippen LogP) is 4.36. The van der Waals surface area contributed by atoms with Crippen molar-refractivity contribution in [1.29, 1.82) is 0 Å². The number of halogens is 1. The number of anilines is 2. The molecule has 0 fully saturated rings. The van der Waals surface area contributed by atoms with Gasteiger partial charge in [-0.3, -0.25) is 9.59 Å². The molecule has 3 aromatic rings. The standard InChI is InChI=1S/C21H17BrN2O4S/c1-29(27,28)19-11-3-2-10-18(19)24-21(26)15-7-5-9-17(13-15)23-20(25)14-6-4-8-16(22)12-14/h2-13H,1H3,(H,23,25)(H,24,26). The molecule has 29 heavy (non-hydrogen) atoms. The summed E-state index contributed by atoms with van der Waals surface area (Å²) in [7, 11) is -3.50. The fourth-order valence-corrected chi connectivity index (χ4v) is 3.90. The van der Waals surface area contributed by atoms with Gasteiger partial charge in [0.1, 0.15) is 0 Å². The van der Waals surface area contributed by atoms with Gasteiger partial charge in [0.2, 0.25) is 0 Å². The van der Waals surface area contributed by atoms with Gasteiger partial charge in [-0.05, 0) is 48.5 Å². The Labute approximate surface area is 177 Å². The fourth-order valence-electron chi connectivity index (χ4n) is 2.66. The maximum atomic E-state index is 12.6. The van der Waals surface area contributed by atoms with Crippen LogP contribution in [0, 0.1) is 0 Å². The van der Waals surface area contributed by atoms with Gasteiger partial charge in [0.05, 0.1) is 10.6 Å². The van der Waals surface area contributed by atoms with E-state index in [-0.39, 0.29) is 22.1 Å². The third kappa shape index (κ3) is 5.30.